The Morgan fingerprint density at radius 2 is 1.74 bits per heavy atom. The molecule has 1 aliphatic carbocycles. The second kappa shape index (κ2) is 14.4. The summed E-state index contributed by atoms with van der Waals surface area (Å²) in [5.41, 5.74) is -0.0170. The van der Waals surface area contributed by atoms with Crippen molar-refractivity contribution in [3.8, 4) is 17.2 Å². The summed E-state index contributed by atoms with van der Waals surface area (Å²) in [4.78, 5) is 41.4. The quantitative estimate of drug-likeness (QED) is 0.198. The molecular weight excluding hydrogens is 490 g/mol. The van der Waals surface area contributed by atoms with Crippen LogP contribution in [0.3, 0.4) is 0 Å². The van der Waals surface area contributed by atoms with Crippen LogP contribution >= 0.6 is 0 Å². The molecule has 1 aromatic carbocycles. The number of carbonyl (C=O) groups excluding carboxylic acids is 3. The second-order valence-corrected chi connectivity index (χ2v) is 9.55. The molecule has 9 heteroatoms. The minimum Gasteiger partial charge on any atom is -0.493 e. The largest absolute Gasteiger partial charge is 0.493 e. The van der Waals surface area contributed by atoms with E-state index in [2.05, 4.69) is 4.98 Å². The number of esters is 2. The third kappa shape index (κ3) is 8.19. The van der Waals surface area contributed by atoms with Gasteiger partial charge in [-0.25, -0.2) is 4.98 Å². The van der Waals surface area contributed by atoms with Crippen LogP contribution in [0, 0.1) is 11.8 Å². The number of Topliss-reactive ketones (excluding diaryl/α,β-unsaturated/α-hetero) is 1. The predicted molar refractivity (Wildman–Crippen MR) is 139 cm³/mol. The molecule has 38 heavy (non-hydrogen) atoms. The summed E-state index contributed by atoms with van der Waals surface area (Å²) >= 11 is 0. The van der Waals surface area contributed by atoms with Crippen LogP contribution in [0.1, 0.15) is 69.8 Å². The summed E-state index contributed by atoms with van der Waals surface area (Å²) in [6.07, 6.45) is 5.96. The third-order valence-corrected chi connectivity index (χ3v) is 6.61. The molecule has 0 aliphatic heterocycles. The Kier molecular flexibility index (Phi) is 10.9. The molecule has 0 spiro atoms. The number of carbonyl (C=O) groups is 3. The van der Waals surface area contributed by atoms with Crippen molar-refractivity contribution in [1.82, 2.24) is 4.98 Å². The molecule has 1 saturated carbocycles. The summed E-state index contributed by atoms with van der Waals surface area (Å²) in [7, 11) is 1.42. The van der Waals surface area contributed by atoms with Gasteiger partial charge in [0.05, 0.1) is 13.0 Å². The van der Waals surface area contributed by atoms with E-state index < -0.39 is 36.5 Å². The number of pyridine rings is 1. The third-order valence-electron chi connectivity index (χ3n) is 6.61. The fraction of sp³-hybridized carbons (Fsp3) is 0.517. The van der Waals surface area contributed by atoms with Gasteiger partial charge < -0.3 is 23.7 Å². The van der Waals surface area contributed by atoms with Gasteiger partial charge in [0.1, 0.15) is 18.0 Å². The SMILES string of the molecule is COc1ccnc(C(=O)C[C@@H](C)C(=O)O[C@@H](C)[C@H](Oc2ccccc2)C2CCCCC2)c1OCOC(C)=O. The highest BCUT2D eigenvalue weighted by Gasteiger charge is 2.34. The van der Waals surface area contributed by atoms with E-state index in [0.29, 0.717) is 0 Å². The number of hydrogen-bond donors (Lipinski definition) is 0. The molecule has 0 N–H and O–H groups in total. The summed E-state index contributed by atoms with van der Waals surface area (Å²) in [5.74, 6) is -0.869. The van der Waals surface area contributed by atoms with Crippen LogP contribution in [0.25, 0.3) is 0 Å². The van der Waals surface area contributed by atoms with Crippen molar-refractivity contribution in [2.24, 2.45) is 11.8 Å². The van der Waals surface area contributed by atoms with Gasteiger partial charge in [0.25, 0.3) is 0 Å². The number of methoxy groups -OCH3 is 1. The minimum absolute atomic E-state index is 0.0170. The molecule has 0 radical (unpaired) electrons. The van der Waals surface area contributed by atoms with Crippen LogP contribution in [0.4, 0.5) is 0 Å². The van der Waals surface area contributed by atoms with Gasteiger partial charge in [-0.3, -0.25) is 14.4 Å². The van der Waals surface area contributed by atoms with Gasteiger partial charge >= 0.3 is 11.9 Å². The van der Waals surface area contributed by atoms with Crippen LogP contribution in [0.2, 0.25) is 0 Å². The zero-order valence-electron chi connectivity index (χ0n) is 22.5. The van der Waals surface area contributed by atoms with Gasteiger partial charge in [-0.05, 0) is 37.8 Å². The molecule has 206 valence electrons. The van der Waals surface area contributed by atoms with Gasteiger partial charge in [0, 0.05) is 25.6 Å². The maximum absolute atomic E-state index is 13.1. The van der Waals surface area contributed by atoms with Crippen molar-refractivity contribution in [3.63, 3.8) is 0 Å². The van der Waals surface area contributed by atoms with E-state index in [1.54, 1.807) is 6.92 Å². The molecule has 0 unspecified atom stereocenters. The first-order valence-electron chi connectivity index (χ1n) is 13.0. The Balaban J connectivity index is 1.67. The van der Waals surface area contributed by atoms with E-state index in [0.717, 1.165) is 31.4 Å². The van der Waals surface area contributed by atoms with Gasteiger partial charge in [0.15, 0.2) is 23.0 Å². The zero-order chi connectivity index (χ0) is 27.5. The average Bonchev–Trinajstić information content (AvgIpc) is 2.92. The smallest absolute Gasteiger partial charge is 0.309 e. The van der Waals surface area contributed by atoms with Crippen LogP contribution in [-0.2, 0) is 19.1 Å². The van der Waals surface area contributed by atoms with Gasteiger partial charge in [-0.1, -0.05) is 44.4 Å². The van der Waals surface area contributed by atoms with Crippen molar-refractivity contribution < 1.29 is 38.1 Å². The Labute approximate surface area is 223 Å². The van der Waals surface area contributed by atoms with E-state index in [4.69, 9.17) is 23.7 Å². The van der Waals surface area contributed by atoms with Gasteiger partial charge in [-0.2, -0.15) is 0 Å². The molecule has 3 rings (SSSR count). The van der Waals surface area contributed by atoms with E-state index in [9.17, 15) is 14.4 Å². The van der Waals surface area contributed by atoms with Crippen molar-refractivity contribution in [2.45, 2.75) is 71.5 Å². The molecule has 2 aromatic rings. The molecule has 1 aliphatic rings. The Hall–Kier alpha value is -3.62. The lowest BCUT2D eigenvalue weighted by Crippen LogP contribution is -2.41. The van der Waals surface area contributed by atoms with E-state index in [-0.39, 0.29) is 35.6 Å². The first-order chi connectivity index (χ1) is 18.3. The number of para-hydroxylation sites is 1. The van der Waals surface area contributed by atoms with Crippen molar-refractivity contribution >= 4 is 17.7 Å². The number of benzene rings is 1. The average molecular weight is 528 g/mol. The van der Waals surface area contributed by atoms with E-state index in [1.807, 2.05) is 37.3 Å². The molecule has 1 fully saturated rings. The number of hydrogen-bond acceptors (Lipinski definition) is 9. The molecule has 0 bridgehead atoms. The second-order valence-electron chi connectivity index (χ2n) is 9.55. The number of ketones is 1. The van der Waals surface area contributed by atoms with Gasteiger partial charge in [0.2, 0.25) is 6.79 Å². The Morgan fingerprint density at radius 1 is 1.03 bits per heavy atom. The summed E-state index contributed by atoms with van der Waals surface area (Å²) < 4.78 is 27.7. The Morgan fingerprint density at radius 3 is 2.39 bits per heavy atom. The molecule has 3 atom stereocenters. The molecule has 1 aromatic heterocycles. The number of rotatable bonds is 13. The summed E-state index contributed by atoms with van der Waals surface area (Å²) in [6, 6.07) is 11.1. The van der Waals surface area contributed by atoms with Crippen LogP contribution in [-0.4, -0.2) is 48.8 Å². The lowest BCUT2D eigenvalue weighted by molar-refractivity contribution is -0.159. The highest BCUT2D eigenvalue weighted by atomic mass is 16.7. The van der Waals surface area contributed by atoms with Crippen molar-refractivity contribution in [2.75, 3.05) is 13.9 Å². The van der Waals surface area contributed by atoms with Crippen molar-refractivity contribution in [3.05, 3.63) is 48.3 Å². The van der Waals surface area contributed by atoms with E-state index in [1.165, 1.54) is 32.7 Å². The molecular formula is C29H37NO8. The first-order valence-corrected chi connectivity index (χ1v) is 13.0. The fourth-order valence-corrected chi connectivity index (χ4v) is 4.62. The zero-order valence-corrected chi connectivity index (χ0v) is 22.5. The van der Waals surface area contributed by atoms with E-state index >= 15 is 0 Å². The first kappa shape index (κ1) is 28.9. The predicted octanol–water partition coefficient (Wildman–Crippen LogP) is 5.16. The summed E-state index contributed by atoms with van der Waals surface area (Å²) in [6.45, 7) is 4.32. The van der Waals surface area contributed by atoms with Crippen LogP contribution in [0.5, 0.6) is 17.2 Å². The van der Waals surface area contributed by atoms with Crippen molar-refractivity contribution in [1.29, 1.82) is 0 Å². The van der Waals surface area contributed by atoms with Crippen LogP contribution < -0.4 is 14.2 Å². The lowest BCUT2D eigenvalue weighted by Gasteiger charge is -2.34. The molecule has 9 nitrogen and oxygen atoms in total. The standard InChI is InChI=1S/C29H37NO8/c1-19(17-24(32)26-28(36-18-35-21(3)31)25(34-4)15-16-30-26)29(33)37-20(2)27(22-11-7-5-8-12-22)38-23-13-9-6-10-14-23/h6,9-10,13-16,19-20,22,27H,5,7-8,11-12,17-18H2,1-4H3/t19-,20+,27+/m1/s1. The highest BCUT2D eigenvalue weighted by Crippen LogP contribution is 2.33. The normalized spacial score (nSPS) is 16.0. The molecule has 0 amide bonds. The highest BCUT2D eigenvalue weighted by molar-refractivity contribution is 5.99. The monoisotopic (exact) mass is 527 g/mol. The summed E-state index contributed by atoms with van der Waals surface area (Å²) in [5, 5.41) is 0. The minimum atomic E-state index is -0.733. The topological polar surface area (TPSA) is 110 Å². The molecule has 1 heterocycles. The van der Waals surface area contributed by atoms with Gasteiger partial charge in [-0.15, -0.1) is 0 Å². The fourth-order valence-electron chi connectivity index (χ4n) is 4.62. The van der Waals surface area contributed by atoms with Crippen LogP contribution in [0.15, 0.2) is 42.6 Å². The number of aromatic nitrogens is 1. The lowest BCUT2D eigenvalue weighted by atomic mass is 9.83. The molecule has 0 saturated heterocycles. The Bertz CT molecular complexity index is 1070. The maximum Gasteiger partial charge on any atom is 0.309 e. The number of nitrogens with zero attached hydrogens (tertiary/aromatic N) is 1. The number of ether oxygens (including phenoxy) is 5. The maximum atomic E-state index is 13.1.